The zero-order valence-electron chi connectivity index (χ0n) is 21.3. The van der Waals surface area contributed by atoms with Gasteiger partial charge in [-0.3, -0.25) is 13.9 Å². The average Bonchev–Trinajstić information content (AvgIpc) is 3.20. The van der Waals surface area contributed by atoms with Gasteiger partial charge in [-0.2, -0.15) is 4.98 Å². The number of aliphatic carboxylic acids is 1. The maximum Gasteiger partial charge on any atom is 0.475 e. The molecule has 0 aliphatic carbocycles. The van der Waals surface area contributed by atoms with E-state index in [0.29, 0.717) is 0 Å². The molecule has 0 aromatic carbocycles. The summed E-state index contributed by atoms with van der Waals surface area (Å²) in [4.78, 5) is 49.8. The van der Waals surface area contributed by atoms with E-state index in [1.54, 1.807) is 0 Å². The van der Waals surface area contributed by atoms with Gasteiger partial charge in [-0.15, -0.1) is 0 Å². The van der Waals surface area contributed by atoms with Gasteiger partial charge in [0.2, 0.25) is 0 Å². The number of rotatable bonds is 12. The number of hydrogen-bond donors (Lipinski definition) is 11. The first-order valence-electron chi connectivity index (χ1n) is 12.0. The minimum absolute atomic E-state index is 0.144. The second-order valence-corrected chi connectivity index (χ2v) is 10.7. The highest BCUT2D eigenvalue weighted by atomic mass is 31.2. The number of carboxylic acids is 1. The molecule has 21 nitrogen and oxygen atoms in total. The van der Waals surface area contributed by atoms with Crippen molar-refractivity contribution < 1.29 is 73.3 Å². The fourth-order valence-electron chi connectivity index (χ4n) is 4.29. The van der Waals surface area contributed by atoms with Crippen LogP contribution in [0.25, 0.3) is 0 Å². The monoisotopic (exact) mass is 627 g/mol. The molecule has 1 amide bonds. The number of amides is 1. The van der Waals surface area contributed by atoms with Crippen molar-refractivity contribution in [1.82, 2.24) is 14.9 Å². The minimum Gasteiger partial charge on any atom is -0.477 e. The lowest BCUT2D eigenvalue weighted by Gasteiger charge is -2.46. The molecule has 1 aromatic rings. The summed E-state index contributed by atoms with van der Waals surface area (Å²) in [5.74, 6) is -6.67. The van der Waals surface area contributed by atoms with E-state index in [9.17, 15) is 59.6 Å². The molecule has 1 aromatic heterocycles. The number of nitrogens with one attached hydrogen (secondary N) is 2. The molecule has 2 aliphatic rings. The molecule has 11 atom stereocenters. The maximum absolute atomic E-state index is 12.8. The van der Waals surface area contributed by atoms with Crippen LogP contribution in [0.3, 0.4) is 0 Å². The lowest BCUT2D eigenvalue weighted by molar-refractivity contribution is -0.288. The van der Waals surface area contributed by atoms with Gasteiger partial charge in [-0.05, 0) is 6.07 Å². The average molecular weight is 627 g/mol. The number of phosphoric acid groups is 1. The van der Waals surface area contributed by atoms with Gasteiger partial charge in [0, 0.05) is 12.6 Å². The number of carbonyl (C=O) groups excluding carboxylic acids is 1. The van der Waals surface area contributed by atoms with Crippen molar-refractivity contribution in [1.29, 1.82) is 5.41 Å². The van der Waals surface area contributed by atoms with E-state index in [0.717, 1.165) is 10.8 Å². The van der Waals surface area contributed by atoms with Crippen molar-refractivity contribution in [2.45, 2.75) is 67.2 Å². The van der Waals surface area contributed by atoms with Crippen LogP contribution >= 0.6 is 7.82 Å². The third-order valence-corrected chi connectivity index (χ3v) is 7.39. The molecule has 236 valence electrons. The molecule has 2 saturated heterocycles. The Bertz CT molecular complexity index is 1270. The molecule has 3 rings (SSSR count). The second kappa shape index (κ2) is 13.2. The molecule has 0 spiro atoms. The maximum atomic E-state index is 12.8. The molecule has 2 aliphatic heterocycles. The number of hydrogen-bond acceptors (Lipinski definition) is 17. The number of aliphatic hydroxyl groups excluding tert-OH is 6. The van der Waals surface area contributed by atoms with Gasteiger partial charge in [0.05, 0.1) is 31.6 Å². The fourth-order valence-corrected chi connectivity index (χ4v) is 5.24. The van der Waals surface area contributed by atoms with E-state index in [4.69, 9.17) is 29.7 Å². The van der Waals surface area contributed by atoms with Crippen molar-refractivity contribution in [2.24, 2.45) is 0 Å². The molecule has 2 fully saturated rings. The van der Waals surface area contributed by atoms with Crippen LogP contribution in [0.15, 0.2) is 17.1 Å². The van der Waals surface area contributed by atoms with E-state index in [1.807, 2.05) is 5.32 Å². The van der Waals surface area contributed by atoms with Gasteiger partial charge in [-0.25, -0.2) is 18.7 Å². The first kappa shape index (κ1) is 33.6. The first-order chi connectivity index (χ1) is 19.6. The van der Waals surface area contributed by atoms with Crippen LogP contribution in [0.4, 0.5) is 5.82 Å². The Balaban J connectivity index is 1.80. The Morgan fingerprint density at radius 2 is 2.00 bits per heavy atom. The molecule has 0 radical (unpaired) electrons. The van der Waals surface area contributed by atoms with E-state index in [2.05, 4.69) is 4.98 Å². The Morgan fingerprint density at radius 1 is 1.33 bits per heavy atom. The number of carbonyl (C=O) groups is 2. The molecule has 0 bridgehead atoms. The molecule has 5 unspecified atom stereocenters. The highest BCUT2D eigenvalue weighted by Crippen LogP contribution is 2.51. The lowest BCUT2D eigenvalue weighted by Crippen LogP contribution is -2.67. The minimum atomic E-state index is -5.56. The van der Waals surface area contributed by atoms with Crippen LogP contribution in [0.5, 0.6) is 0 Å². The van der Waals surface area contributed by atoms with Gasteiger partial charge in [0.1, 0.15) is 42.4 Å². The van der Waals surface area contributed by atoms with Crippen molar-refractivity contribution >= 4 is 31.7 Å². The number of anilines is 1. The number of aliphatic hydroxyl groups is 6. The van der Waals surface area contributed by atoms with Crippen molar-refractivity contribution in [3.05, 3.63) is 22.7 Å². The number of ether oxygens (including phenoxy) is 2. The standard InChI is InChI=1S/C20H30N5O16P/c21-4-11(29)24-12-7(27)3-20(18(33)34,40-16(12)13(30)8(28)5-26)41-42(36,37)38-6-9-14(31)15(32)17(39-9)25-2-1-10(22)23-19(25)35/h1-2,4,7-9,12-17,21,26-28,30-32H,3,5-6H2,(H,24,29)(H,33,34)(H,36,37)(H2,22,23,35)/t7?,8-,9-,12?,13-,14+,15+,16?,17-,20?/m1/s1. The van der Waals surface area contributed by atoms with Crippen molar-refractivity contribution in [2.75, 3.05) is 18.9 Å². The summed E-state index contributed by atoms with van der Waals surface area (Å²) >= 11 is 0. The second-order valence-electron chi connectivity index (χ2n) is 9.28. The smallest absolute Gasteiger partial charge is 0.475 e. The van der Waals surface area contributed by atoms with E-state index < -0.39 is 106 Å². The Morgan fingerprint density at radius 3 is 2.57 bits per heavy atom. The number of nitrogens with zero attached hydrogens (tertiary/aromatic N) is 2. The van der Waals surface area contributed by atoms with Crippen LogP contribution in [0.2, 0.25) is 0 Å². The van der Waals surface area contributed by atoms with Crippen molar-refractivity contribution in [3.8, 4) is 0 Å². The van der Waals surface area contributed by atoms with Gasteiger partial charge in [-0.1, -0.05) is 0 Å². The molecule has 12 N–H and O–H groups in total. The lowest BCUT2D eigenvalue weighted by atomic mass is 9.88. The number of nitrogen functional groups attached to an aromatic ring is 1. The first-order valence-corrected chi connectivity index (χ1v) is 13.5. The predicted octanol–water partition coefficient (Wildman–Crippen LogP) is -5.64. The number of phosphoric ester groups is 1. The third-order valence-electron chi connectivity index (χ3n) is 6.38. The predicted molar refractivity (Wildman–Crippen MR) is 131 cm³/mol. The topological polar surface area (TPSA) is 347 Å². The zero-order chi connectivity index (χ0) is 31.6. The Hall–Kier alpha value is -2.92. The number of nitrogens with two attached hydrogens (primary N) is 1. The molecular formula is C20H30N5O16P. The molecule has 22 heteroatoms. The van der Waals surface area contributed by atoms with Gasteiger partial charge >= 0.3 is 19.5 Å². The summed E-state index contributed by atoms with van der Waals surface area (Å²) in [5.41, 5.74) is 4.45. The Labute approximate surface area is 234 Å². The largest absolute Gasteiger partial charge is 0.477 e. The molecule has 42 heavy (non-hydrogen) atoms. The van der Waals surface area contributed by atoms with Gasteiger partial charge < -0.3 is 66.6 Å². The van der Waals surface area contributed by atoms with E-state index in [-0.39, 0.29) is 12.0 Å². The highest BCUT2D eigenvalue weighted by Gasteiger charge is 2.59. The summed E-state index contributed by atoms with van der Waals surface area (Å²) in [7, 11) is -5.56. The normalized spacial score (nSPS) is 34.2. The SMILES string of the molecule is N=CC(=O)NC1C(O)CC(OP(=O)(O)OC[C@H]2O[C@@H](n3ccc(N)nc3=O)[C@@H](O)[C@H]2O)(C(=O)O)OC1[C@H](O)[C@H](O)CO. The van der Waals surface area contributed by atoms with Crippen LogP contribution in [0.1, 0.15) is 12.6 Å². The summed E-state index contributed by atoms with van der Waals surface area (Å²) < 4.78 is 33.7. The number of carboxylic acid groups (broad SMARTS) is 1. The van der Waals surface area contributed by atoms with Crippen LogP contribution in [-0.2, 0) is 32.7 Å². The zero-order valence-corrected chi connectivity index (χ0v) is 22.2. The van der Waals surface area contributed by atoms with Crippen LogP contribution in [-0.4, -0.2) is 136 Å². The van der Waals surface area contributed by atoms with E-state index >= 15 is 0 Å². The quantitative estimate of drug-likeness (QED) is 0.0759. The van der Waals surface area contributed by atoms with Crippen LogP contribution < -0.4 is 16.7 Å². The highest BCUT2D eigenvalue weighted by molar-refractivity contribution is 7.47. The summed E-state index contributed by atoms with van der Waals surface area (Å²) in [6.07, 6.45) is -14.8. The summed E-state index contributed by atoms with van der Waals surface area (Å²) in [6.45, 7) is -2.13. The van der Waals surface area contributed by atoms with E-state index in [1.165, 1.54) is 6.07 Å². The third kappa shape index (κ3) is 7.16. The summed E-state index contributed by atoms with van der Waals surface area (Å²) in [5, 5.41) is 79.6. The fraction of sp³-hybridized carbons (Fsp3) is 0.650. The summed E-state index contributed by atoms with van der Waals surface area (Å²) in [6, 6.07) is -0.518. The number of aromatic nitrogens is 2. The van der Waals surface area contributed by atoms with Crippen molar-refractivity contribution in [3.63, 3.8) is 0 Å². The van der Waals surface area contributed by atoms with Gasteiger partial charge in [0.15, 0.2) is 6.23 Å². The van der Waals surface area contributed by atoms with Crippen LogP contribution in [0, 0.1) is 5.41 Å². The molecule has 0 saturated carbocycles. The van der Waals surface area contributed by atoms with Gasteiger partial charge in [0.25, 0.3) is 11.7 Å². The molecular weight excluding hydrogens is 597 g/mol. The Kier molecular flexibility index (Phi) is 10.5. The molecule has 3 heterocycles.